The van der Waals surface area contributed by atoms with Crippen LogP contribution in [0.1, 0.15) is 90.9 Å². The van der Waals surface area contributed by atoms with Gasteiger partial charge in [0.05, 0.1) is 13.2 Å². The molecule has 0 N–H and O–H groups in total. The molecule has 4 nitrogen and oxygen atoms in total. The maximum atomic E-state index is 11.5. The quantitative estimate of drug-likeness (QED) is 0.139. The molecule has 0 unspecified atom stereocenters. The molecule has 0 aliphatic heterocycles. The average Bonchev–Trinajstić information content (AvgIpc) is 2.64. The van der Waals surface area contributed by atoms with Crippen LogP contribution in [0.4, 0.5) is 0 Å². The van der Waals surface area contributed by atoms with Gasteiger partial charge in [-0.2, -0.15) is 0 Å². The molecule has 0 aliphatic rings. The molecule has 0 amide bonds. The lowest BCUT2D eigenvalue weighted by Gasteiger charge is -2.02. The van der Waals surface area contributed by atoms with Crippen molar-refractivity contribution in [2.24, 2.45) is 0 Å². The Balaban J connectivity index is 3.53. The number of hydrogen-bond donors (Lipinski definition) is 0. The standard InChI is InChI=1S/C22H38O4/c1-3-5-7-9-11-12-14-16-20-26-22(24)18-17-21(23)25-19-15-13-10-8-6-4-2/h11-12,17-18H,3-10,13-16,19-20H2,1-2H3/b12-11+,18-17+. The Labute approximate surface area is 160 Å². The molecule has 0 bridgehead atoms. The highest BCUT2D eigenvalue weighted by molar-refractivity contribution is 5.91. The number of carbonyl (C=O) groups excluding carboxylic acids is 2. The second kappa shape index (κ2) is 19.7. The predicted octanol–water partition coefficient (Wildman–Crippen LogP) is 5.91. The molecular weight excluding hydrogens is 328 g/mol. The van der Waals surface area contributed by atoms with Crippen LogP contribution in [0.5, 0.6) is 0 Å². The second-order valence-electron chi connectivity index (χ2n) is 6.55. The summed E-state index contributed by atoms with van der Waals surface area (Å²) < 4.78 is 10.1. The zero-order chi connectivity index (χ0) is 19.3. The third-order valence-electron chi connectivity index (χ3n) is 4.00. The van der Waals surface area contributed by atoms with Gasteiger partial charge in [-0.15, -0.1) is 0 Å². The van der Waals surface area contributed by atoms with Crippen LogP contribution in [0.2, 0.25) is 0 Å². The van der Waals surface area contributed by atoms with Crippen molar-refractivity contribution in [1.29, 1.82) is 0 Å². The summed E-state index contributed by atoms with van der Waals surface area (Å²) >= 11 is 0. The number of carbonyl (C=O) groups is 2. The van der Waals surface area contributed by atoms with Gasteiger partial charge in [-0.25, -0.2) is 9.59 Å². The van der Waals surface area contributed by atoms with Gasteiger partial charge in [-0.05, 0) is 32.1 Å². The normalized spacial score (nSPS) is 11.3. The molecule has 0 saturated carbocycles. The molecule has 0 rings (SSSR count). The summed E-state index contributed by atoms with van der Waals surface area (Å²) in [5, 5.41) is 0. The summed E-state index contributed by atoms with van der Waals surface area (Å²) in [7, 11) is 0. The lowest BCUT2D eigenvalue weighted by Crippen LogP contribution is -2.06. The molecule has 0 spiro atoms. The highest BCUT2D eigenvalue weighted by Gasteiger charge is 2.01. The first-order valence-corrected chi connectivity index (χ1v) is 10.4. The number of hydrogen-bond acceptors (Lipinski definition) is 4. The second-order valence-corrected chi connectivity index (χ2v) is 6.55. The Hall–Kier alpha value is -1.58. The molecule has 0 heterocycles. The van der Waals surface area contributed by atoms with E-state index in [1.165, 1.54) is 44.9 Å². The van der Waals surface area contributed by atoms with Crippen molar-refractivity contribution in [3.05, 3.63) is 24.3 Å². The predicted molar refractivity (Wildman–Crippen MR) is 107 cm³/mol. The number of esters is 2. The van der Waals surface area contributed by atoms with Gasteiger partial charge in [0.15, 0.2) is 0 Å². The van der Waals surface area contributed by atoms with E-state index in [4.69, 9.17) is 9.47 Å². The van der Waals surface area contributed by atoms with Crippen molar-refractivity contribution in [2.75, 3.05) is 13.2 Å². The molecule has 150 valence electrons. The molecule has 0 aliphatic carbocycles. The number of ether oxygens (including phenoxy) is 2. The third kappa shape index (κ3) is 18.8. The zero-order valence-corrected chi connectivity index (χ0v) is 16.8. The molecule has 0 radical (unpaired) electrons. The van der Waals surface area contributed by atoms with Crippen molar-refractivity contribution in [3.8, 4) is 0 Å². The van der Waals surface area contributed by atoms with Crippen molar-refractivity contribution in [2.45, 2.75) is 90.9 Å². The van der Waals surface area contributed by atoms with E-state index in [1.54, 1.807) is 0 Å². The van der Waals surface area contributed by atoms with Crippen LogP contribution in [0.25, 0.3) is 0 Å². The van der Waals surface area contributed by atoms with Gasteiger partial charge in [-0.3, -0.25) is 0 Å². The van der Waals surface area contributed by atoms with E-state index in [0.717, 1.165) is 44.3 Å². The summed E-state index contributed by atoms with van der Waals surface area (Å²) in [5.41, 5.74) is 0. The summed E-state index contributed by atoms with van der Waals surface area (Å²) in [6, 6.07) is 0. The largest absolute Gasteiger partial charge is 0.463 e. The molecule has 0 aromatic rings. The first kappa shape index (κ1) is 24.4. The van der Waals surface area contributed by atoms with Crippen LogP contribution in [0, 0.1) is 0 Å². The molecule has 0 atom stereocenters. The minimum Gasteiger partial charge on any atom is -0.463 e. The summed E-state index contributed by atoms with van der Waals surface area (Å²) in [6.45, 7) is 5.16. The first-order valence-electron chi connectivity index (χ1n) is 10.4. The Kier molecular flexibility index (Phi) is 18.5. The lowest BCUT2D eigenvalue weighted by molar-refractivity contribution is -0.140. The van der Waals surface area contributed by atoms with E-state index < -0.39 is 11.9 Å². The van der Waals surface area contributed by atoms with E-state index in [2.05, 4.69) is 26.0 Å². The van der Waals surface area contributed by atoms with Gasteiger partial charge >= 0.3 is 11.9 Å². The van der Waals surface area contributed by atoms with Gasteiger partial charge in [0.2, 0.25) is 0 Å². The maximum absolute atomic E-state index is 11.5. The smallest absolute Gasteiger partial charge is 0.331 e. The van der Waals surface area contributed by atoms with E-state index in [-0.39, 0.29) is 0 Å². The van der Waals surface area contributed by atoms with Gasteiger partial charge in [-0.1, -0.05) is 70.9 Å². The summed E-state index contributed by atoms with van der Waals surface area (Å²) in [4.78, 5) is 23.0. The van der Waals surface area contributed by atoms with Crippen molar-refractivity contribution < 1.29 is 19.1 Å². The zero-order valence-electron chi connectivity index (χ0n) is 16.8. The van der Waals surface area contributed by atoms with Crippen molar-refractivity contribution >= 4 is 11.9 Å². The van der Waals surface area contributed by atoms with Crippen molar-refractivity contribution in [3.63, 3.8) is 0 Å². The van der Waals surface area contributed by atoms with Crippen LogP contribution >= 0.6 is 0 Å². The minimum atomic E-state index is -0.492. The number of rotatable bonds is 17. The average molecular weight is 367 g/mol. The minimum absolute atomic E-state index is 0.370. The summed E-state index contributed by atoms with van der Waals surface area (Å²) in [5.74, 6) is -0.973. The van der Waals surface area contributed by atoms with Gasteiger partial charge < -0.3 is 9.47 Å². The van der Waals surface area contributed by atoms with E-state index in [0.29, 0.717) is 13.2 Å². The molecule has 0 aromatic heterocycles. The topological polar surface area (TPSA) is 52.6 Å². The highest BCUT2D eigenvalue weighted by atomic mass is 16.5. The fourth-order valence-electron chi connectivity index (χ4n) is 2.41. The van der Waals surface area contributed by atoms with Gasteiger partial charge in [0.25, 0.3) is 0 Å². The van der Waals surface area contributed by atoms with Crippen LogP contribution < -0.4 is 0 Å². The Morgan fingerprint density at radius 1 is 0.615 bits per heavy atom. The first-order chi connectivity index (χ1) is 12.7. The monoisotopic (exact) mass is 366 g/mol. The lowest BCUT2D eigenvalue weighted by atomic mass is 10.1. The Morgan fingerprint density at radius 3 is 1.69 bits per heavy atom. The van der Waals surface area contributed by atoms with Gasteiger partial charge in [0.1, 0.15) is 0 Å². The molecule has 0 aromatic carbocycles. The van der Waals surface area contributed by atoms with E-state index in [9.17, 15) is 9.59 Å². The summed E-state index contributed by atoms with van der Waals surface area (Å²) in [6.07, 6.45) is 20.1. The fourth-order valence-corrected chi connectivity index (χ4v) is 2.41. The molecular formula is C22H38O4. The molecule has 26 heavy (non-hydrogen) atoms. The Morgan fingerprint density at radius 2 is 1.08 bits per heavy atom. The SMILES string of the molecule is CCCCC/C=C/CCCOC(=O)/C=C/C(=O)OCCCCCCCC. The Bertz CT molecular complexity index is 399. The molecule has 0 fully saturated rings. The van der Waals surface area contributed by atoms with Crippen molar-refractivity contribution in [1.82, 2.24) is 0 Å². The fraction of sp³-hybridized carbons (Fsp3) is 0.727. The van der Waals surface area contributed by atoms with Gasteiger partial charge in [0, 0.05) is 12.2 Å². The number of unbranched alkanes of at least 4 members (excludes halogenated alkanes) is 9. The van der Waals surface area contributed by atoms with Crippen LogP contribution in [-0.2, 0) is 19.1 Å². The van der Waals surface area contributed by atoms with E-state index in [1.807, 2.05) is 0 Å². The van der Waals surface area contributed by atoms with Crippen LogP contribution in [0.15, 0.2) is 24.3 Å². The van der Waals surface area contributed by atoms with Crippen LogP contribution in [-0.4, -0.2) is 25.2 Å². The molecule has 4 heteroatoms. The van der Waals surface area contributed by atoms with Crippen LogP contribution in [0.3, 0.4) is 0 Å². The van der Waals surface area contributed by atoms with E-state index >= 15 is 0 Å². The highest BCUT2D eigenvalue weighted by Crippen LogP contribution is 2.05. The maximum Gasteiger partial charge on any atom is 0.331 e. The molecule has 0 saturated heterocycles. The number of allylic oxidation sites excluding steroid dienone is 2. The third-order valence-corrected chi connectivity index (χ3v) is 4.00.